The number of carbonyl (C=O) groups is 3. The van der Waals surface area contributed by atoms with Crippen molar-refractivity contribution in [2.24, 2.45) is 0 Å². The van der Waals surface area contributed by atoms with Crippen LogP contribution in [0.5, 0.6) is 0 Å². The number of nitrogens with one attached hydrogen (secondary N) is 2. The predicted octanol–water partition coefficient (Wildman–Crippen LogP) is 3.80. The quantitative estimate of drug-likeness (QED) is 0.650. The van der Waals surface area contributed by atoms with E-state index in [9.17, 15) is 19.6 Å². The van der Waals surface area contributed by atoms with Crippen LogP contribution < -0.4 is 10.6 Å². The highest BCUT2D eigenvalue weighted by molar-refractivity contribution is 8.03. The number of hydrogen-bond acceptors (Lipinski definition) is 6. The molecule has 32 heavy (non-hydrogen) atoms. The highest BCUT2D eigenvalue weighted by atomic mass is 32.2. The summed E-state index contributed by atoms with van der Waals surface area (Å²) in [6.45, 7) is 3.86. The van der Waals surface area contributed by atoms with E-state index in [0.29, 0.717) is 16.2 Å². The molecule has 2 amide bonds. The van der Waals surface area contributed by atoms with Gasteiger partial charge in [0.05, 0.1) is 35.1 Å². The van der Waals surface area contributed by atoms with Gasteiger partial charge in [0.15, 0.2) is 0 Å². The minimum atomic E-state index is -0.458. The molecule has 164 valence electrons. The number of ether oxygens (including phenoxy) is 1. The molecule has 0 fully saturated rings. The summed E-state index contributed by atoms with van der Waals surface area (Å²) < 4.78 is 4.70. The molecular formula is C24H23N3O4S. The van der Waals surface area contributed by atoms with E-state index in [1.54, 1.807) is 24.3 Å². The molecule has 1 heterocycles. The number of carbonyl (C=O) groups excluding carboxylic acids is 3. The Labute approximate surface area is 190 Å². The van der Waals surface area contributed by atoms with Gasteiger partial charge in [0.1, 0.15) is 0 Å². The van der Waals surface area contributed by atoms with Gasteiger partial charge in [-0.1, -0.05) is 36.0 Å². The van der Waals surface area contributed by atoms with Crippen molar-refractivity contribution in [3.63, 3.8) is 0 Å². The maximum atomic E-state index is 12.5. The molecule has 0 saturated carbocycles. The molecule has 0 spiro atoms. The number of nitrogens with zero attached hydrogens (tertiary/aromatic N) is 1. The van der Waals surface area contributed by atoms with Crippen LogP contribution in [0.3, 0.4) is 0 Å². The van der Waals surface area contributed by atoms with Crippen LogP contribution in [0.2, 0.25) is 0 Å². The Morgan fingerprint density at radius 3 is 2.59 bits per heavy atom. The third-order valence-electron chi connectivity index (χ3n) is 5.10. The molecule has 0 unspecified atom stereocenters. The minimum absolute atomic E-state index is 0.0438. The van der Waals surface area contributed by atoms with E-state index < -0.39 is 11.9 Å². The van der Waals surface area contributed by atoms with Crippen LogP contribution >= 0.6 is 11.8 Å². The second-order valence-electron chi connectivity index (χ2n) is 7.43. The first-order valence-electron chi connectivity index (χ1n) is 9.94. The van der Waals surface area contributed by atoms with Crippen LogP contribution in [0.25, 0.3) is 0 Å². The van der Waals surface area contributed by atoms with E-state index >= 15 is 0 Å². The normalized spacial score (nSPS) is 15.6. The van der Waals surface area contributed by atoms with Crippen molar-refractivity contribution in [3.05, 3.63) is 75.3 Å². The molecule has 1 aliphatic heterocycles. The molecule has 0 saturated heterocycles. The summed E-state index contributed by atoms with van der Waals surface area (Å²) in [4.78, 5) is 36.5. The van der Waals surface area contributed by atoms with Gasteiger partial charge in [-0.25, -0.2) is 4.79 Å². The van der Waals surface area contributed by atoms with E-state index in [1.807, 2.05) is 32.0 Å². The van der Waals surface area contributed by atoms with Crippen LogP contribution in [-0.4, -0.2) is 30.6 Å². The Bertz CT molecular complexity index is 1130. The molecule has 0 radical (unpaired) electrons. The van der Waals surface area contributed by atoms with Gasteiger partial charge in [0.25, 0.3) is 0 Å². The molecule has 0 aliphatic carbocycles. The Hall–Kier alpha value is -3.57. The monoisotopic (exact) mass is 449 g/mol. The van der Waals surface area contributed by atoms with Crippen molar-refractivity contribution in [2.45, 2.75) is 26.2 Å². The molecule has 2 N–H and O–H groups in total. The molecule has 2 aromatic rings. The highest BCUT2D eigenvalue weighted by Crippen LogP contribution is 2.36. The first-order chi connectivity index (χ1) is 15.3. The zero-order chi connectivity index (χ0) is 23.3. The first kappa shape index (κ1) is 23.1. The molecule has 1 atom stereocenters. The smallest absolute Gasteiger partial charge is 0.337 e. The Balaban J connectivity index is 1.77. The van der Waals surface area contributed by atoms with Gasteiger partial charge in [-0.05, 0) is 48.7 Å². The van der Waals surface area contributed by atoms with Crippen molar-refractivity contribution in [2.75, 3.05) is 18.2 Å². The molecule has 0 aromatic heterocycles. The van der Waals surface area contributed by atoms with Gasteiger partial charge in [-0.2, -0.15) is 5.26 Å². The van der Waals surface area contributed by atoms with Crippen LogP contribution in [0.15, 0.2) is 53.1 Å². The zero-order valence-corrected chi connectivity index (χ0v) is 18.8. The van der Waals surface area contributed by atoms with E-state index in [1.165, 1.54) is 7.11 Å². The lowest BCUT2D eigenvalue weighted by Gasteiger charge is -2.25. The largest absolute Gasteiger partial charge is 0.465 e. The van der Waals surface area contributed by atoms with E-state index in [0.717, 1.165) is 34.1 Å². The second kappa shape index (κ2) is 10.2. The molecule has 7 nitrogen and oxygen atoms in total. The standard InChI is InChI=1S/C24H23N3O4S/c1-14-4-5-15(2)20(10-14)26-22(29)13-32-23-19(12-25)18(11-21(28)27-23)16-6-8-17(9-7-16)24(30)31-3/h4-10,18H,11,13H2,1-3H3,(H,26,29)(H,27,28)/t18-/m1/s1. The van der Waals surface area contributed by atoms with Crippen molar-refractivity contribution >= 4 is 35.2 Å². The highest BCUT2D eigenvalue weighted by Gasteiger charge is 2.30. The van der Waals surface area contributed by atoms with Gasteiger partial charge in [0.2, 0.25) is 11.8 Å². The summed E-state index contributed by atoms with van der Waals surface area (Å²) in [5.41, 5.74) is 4.24. The van der Waals surface area contributed by atoms with Crippen molar-refractivity contribution in [1.82, 2.24) is 5.32 Å². The Morgan fingerprint density at radius 2 is 1.94 bits per heavy atom. The lowest BCUT2D eigenvalue weighted by atomic mass is 9.87. The molecule has 1 aliphatic rings. The summed E-state index contributed by atoms with van der Waals surface area (Å²) >= 11 is 1.12. The lowest BCUT2D eigenvalue weighted by Crippen LogP contribution is -2.31. The number of nitriles is 1. The number of rotatable bonds is 6. The van der Waals surface area contributed by atoms with Gasteiger partial charge < -0.3 is 15.4 Å². The maximum Gasteiger partial charge on any atom is 0.337 e. The number of methoxy groups -OCH3 is 1. The van der Waals surface area contributed by atoms with Gasteiger partial charge in [0, 0.05) is 18.0 Å². The number of esters is 1. The number of hydrogen-bond donors (Lipinski definition) is 2. The third kappa shape index (κ3) is 5.37. The van der Waals surface area contributed by atoms with Crippen LogP contribution in [0.1, 0.15) is 39.4 Å². The Morgan fingerprint density at radius 1 is 1.22 bits per heavy atom. The summed E-state index contributed by atoms with van der Waals surface area (Å²) in [6.07, 6.45) is 0.110. The van der Waals surface area contributed by atoms with Crippen LogP contribution in [0, 0.1) is 25.2 Å². The first-order valence-corrected chi connectivity index (χ1v) is 10.9. The minimum Gasteiger partial charge on any atom is -0.465 e. The summed E-state index contributed by atoms with van der Waals surface area (Å²) in [5.74, 6) is -1.33. The zero-order valence-electron chi connectivity index (χ0n) is 18.0. The molecule has 0 bridgehead atoms. The summed E-state index contributed by atoms with van der Waals surface area (Å²) in [6, 6.07) is 14.6. The molecule has 8 heteroatoms. The number of amides is 2. The lowest BCUT2D eigenvalue weighted by molar-refractivity contribution is -0.121. The molecular weight excluding hydrogens is 426 g/mol. The topological polar surface area (TPSA) is 108 Å². The van der Waals surface area contributed by atoms with Crippen molar-refractivity contribution in [3.8, 4) is 6.07 Å². The fourth-order valence-corrected chi connectivity index (χ4v) is 4.26. The number of allylic oxidation sites excluding steroid dienone is 1. The van der Waals surface area contributed by atoms with Crippen molar-refractivity contribution in [1.29, 1.82) is 5.26 Å². The third-order valence-corrected chi connectivity index (χ3v) is 6.12. The average molecular weight is 450 g/mol. The van der Waals surface area contributed by atoms with Gasteiger partial charge in [-0.15, -0.1) is 0 Å². The fraction of sp³-hybridized carbons (Fsp3) is 0.250. The second-order valence-corrected chi connectivity index (χ2v) is 8.41. The predicted molar refractivity (Wildman–Crippen MR) is 123 cm³/mol. The van der Waals surface area contributed by atoms with Gasteiger partial charge in [-0.3, -0.25) is 9.59 Å². The number of aryl methyl sites for hydroxylation is 2. The SMILES string of the molecule is COC(=O)c1ccc([C@H]2CC(=O)NC(SCC(=O)Nc3cc(C)ccc3C)=C2C#N)cc1. The number of anilines is 1. The van der Waals surface area contributed by atoms with E-state index in [-0.39, 0.29) is 24.0 Å². The maximum absolute atomic E-state index is 12.5. The van der Waals surface area contributed by atoms with E-state index in [4.69, 9.17) is 4.74 Å². The number of thioether (sulfide) groups is 1. The average Bonchev–Trinajstić information content (AvgIpc) is 2.79. The van der Waals surface area contributed by atoms with E-state index in [2.05, 4.69) is 16.7 Å². The summed E-state index contributed by atoms with van der Waals surface area (Å²) in [7, 11) is 1.30. The van der Waals surface area contributed by atoms with Crippen molar-refractivity contribution < 1.29 is 19.1 Å². The fourth-order valence-electron chi connectivity index (χ4n) is 3.38. The van der Waals surface area contributed by atoms with Gasteiger partial charge >= 0.3 is 5.97 Å². The van der Waals surface area contributed by atoms with Crippen LogP contribution in [0.4, 0.5) is 5.69 Å². The number of benzene rings is 2. The molecule has 3 rings (SSSR count). The summed E-state index contributed by atoms with van der Waals surface area (Å²) in [5, 5.41) is 15.8. The van der Waals surface area contributed by atoms with Crippen LogP contribution in [-0.2, 0) is 14.3 Å². The Kier molecular flexibility index (Phi) is 7.33. The molecule has 2 aromatic carbocycles.